The van der Waals surface area contributed by atoms with E-state index in [1.807, 2.05) is 30.5 Å². The van der Waals surface area contributed by atoms with Gasteiger partial charge in [-0.1, -0.05) is 37.6 Å². The van der Waals surface area contributed by atoms with E-state index in [2.05, 4.69) is 72.5 Å². The summed E-state index contributed by atoms with van der Waals surface area (Å²) in [7, 11) is 0. The molecular weight excluding hydrogens is 480 g/mol. The minimum atomic E-state index is -0.181. The van der Waals surface area contributed by atoms with E-state index in [0.29, 0.717) is 5.02 Å². The first-order chi connectivity index (χ1) is 17.8. The molecule has 1 atom stereocenters. The summed E-state index contributed by atoms with van der Waals surface area (Å²) < 4.78 is 0. The van der Waals surface area contributed by atoms with Crippen molar-refractivity contribution >= 4 is 50.9 Å². The third-order valence-corrected chi connectivity index (χ3v) is 7.80. The summed E-state index contributed by atoms with van der Waals surface area (Å²) in [6, 6.07) is 16.2. The van der Waals surface area contributed by atoms with Crippen LogP contribution in [0.4, 0.5) is 17.5 Å². The van der Waals surface area contributed by atoms with Gasteiger partial charge in [-0.25, -0.2) is 4.98 Å². The van der Waals surface area contributed by atoms with Crippen LogP contribution in [0, 0.1) is 5.41 Å². The molecule has 1 unspecified atom stereocenters. The maximum Gasteiger partial charge on any atom is 0.227 e. The molecule has 0 amide bonds. The quantitative estimate of drug-likeness (QED) is 0.239. The van der Waals surface area contributed by atoms with Crippen molar-refractivity contribution in [1.82, 2.24) is 15.0 Å². The molecule has 4 aromatic rings. The summed E-state index contributed by atoms with van der Waals surface area (Å²) in [5.41, 5.74) is 2.85. The molecule has 0 radical (unpaired) electrons. The van der Waals surface area contributed by atoms with Crippen LogP contribution >= 0.6 is 11.6 Å². The Hall–Kier alpha value is -3.12. The number of nitrogens with one attached hydrogen (secondary N) is 2. The Balaban J connectivity index is 1.36. The zero-order valence-corrected chi connectivity index (χ0v) is 23.1. The first-order valence-electron chi connectivity index (χ1n) is 13.3. The van der Waals surface area contributed by atoms with Crippen LogP contribution in [-0.2, 0) is 0 Å². The average molecular weight is 517 g/mol. The molecule has 3 heterocycles. The third-order valence-electron chi connectivity index (χ3n) is 7.57. The van der Waals surface area contributed by atoms with E-state index in [4.69, 9.17) is 21.6 Å². The van der Waals surface area contributed by atoms with E-state index in [1.165, 1.54) is 12.8 Å². The van der Waals surface area contributed by atoms with Crippen LogP contribution < -0.4 is 15.5 Å². The number of halogens is 1. The maximum atomic E-state index is 6.19. The van der Waals surface area contributed by atoms with E-state index in [9.17, 15) is 0 Å². The molecular formula is C30H37ClN6. The number of para-hydroxylation sites is 1. The smallest absolute Gasteiger partial charge is 0.227 e. The van der Waals surface area contributed by atoms with Crippen LogP contribution in [0.25, 0.3) is 21.8 Å². The predicted molar refractivity (Wildman–Crippen MR) is 157 cm³/mol. The standard InChI is InChI=1S/C30H37ClN6/c1-5-30(4,20-33-24-14-15-32-26-18-21(31)12-13-22(24)26)19-29(2,3)36-27-23-10-6-7-11-25(23)34-28(35-27)37-16-8-9-17-37/h6-7,10-15,18H,5,8-9,16-17,19-20H2,1-4H3,(H,32,33)(H,34,35,36). The van der Waals surface area contributed by atoms with Gasteiger partial charge in [0, 0.05) is 52.9 Å². The van der Waals surface area contributed by atoms with E-state index in [1.54, 1.807) is 0 Å². The second-order valence-corrected chi connectivity index (χ2v) is 11.7. The van der Waals surface area contributed by atoms with Gasteiger partial charge in [-0.3, -0.25) is 4.98 Å². The number of hydrogen-bond acceptors (Lipinski definition) is 6. The first kappa shape index (κ1) is 25.5. The van der Waals surface area contributed by atoms with Crippen LogP contribution in [0.3, 0.4) is 0 Å². The van der Waals surface area contributed by atoms with Gasteiger partial charge in [-0.15, -0.1) is 0 Å². The Labute approximate surface area is 224 Å². The number of nitrogens with zero attached hydrogens (tertiary/aromatic N) is 4. The molecule has 2 aromatic heterocycles. The van der Waals surface area contributed by atoms with Crippen LogP contribution in [0.1, 0.15) is 53.4 Å². The van der Waals surface area contributed by atoms with E-state index < -0.39 is 0 Å². The van der Waals surface area contributed by atoms with E-state index >= 15 is 0 Å². The van der Waals surface area contributed by atoms with Crippen molar-refractivity contribution in [3.05, 3.63) is 59.8 Å². The fourth-order valence-corrected chi connectivity index (χ4v) is 5.71. The molecule has 0 spiro atoms. The molecule has 194 valence electrons. The molecule has 37 heavy (non-hydrogen) atoms. The Kier molecular flexibility index (Phi) is 7.13. The van der Waals surface area contributed by atoms with Gasteiger partial charge in [0.15, 0.2) is 0 Å². The van der Waals surface area contributed by atoms with Crippen molar-refractivity contribution in [2.45, 2.75) is 58.9 Å². The summed E-state index contributed by atoms with van der Waals surface area (Å²) in [6.07, 6.45) is 6.26. The lowest BCUT2D eigenvalue weighted by Crippen LogP contribution is -2.40. The molecule has 1 saturated heterocycles. The van der Waals surface area contributed by atoms with Crippen molar-refractivity contribution in [3.63, 3.8) is 0 Å². The van der Waals surface area contributed by atoms with E-state index in [0.717, 1.165) is 71.7 Å². The van der Waals surface area contributed by atoms with Gasteiger partial charge < -0.3 is 15.5 Å². The topological polar surface area (TPSA) is 66.0 Å². The van der Waals surface area contributed by atoms with Crippen LogP contribution in [0.5, 0.6) is 0 Å². The summed E-state index contributed by atoms with van der Waals surface area (Å²) in [6.45, 7) is 12.1. The first-order valence-corrected chi connectivity index (χ1v) is 13.7. The van der Waals surface area contributed by atoms with Gasteiger partial charge in [-0.2, -0.15) is 4.98 Å². The van der Waals surface area contributed by atoms with Gasteiger partial charge >= 0.3 is 0 Å². The number of pyridine rings is 1. The van der Waals surface area contributed by atoms with Gasteiger partial charge in [0.25, 0.3) is 0 Å². The molecule has 1 fully saturated rings. The van der Waals surface area contributed by atoms with Gasteiger partial charge in [-0.05, 0) is 81.3 Å². The second kappa shape index (κ2) is 10.3. The Morgan fingerprint density at radius 3 is 2.51 bits per heavy atom. The van der Waals surface area contributed by atoms with Crippen LogP contribution in [0.15, 0.2) is 54.7 Å². The number of fused-ring (bicyclic) bond motifs is 2. The average Bonchev–Trinajstić information content (AvgIpc) is 3.42. The monoisotopic (exact) mass is 516 g/mol. The zero-order valence-electron chi connectivity index (χ0n) is 22.3. The van der Waals surface area contributed by atoms with Crippen molar-refractivity contribution in [1.29, 1.82) is 0 Å². The molecule has 2 N–H and O–H groups in total. The van der Waals surface area contributed by atoms with Crippen molar-refractivity contribution in [2.24, 2.45) is 5.41 Å². The van der Waals surface area contributed by atoms with E-state index in [-0.39, 0.29) is 11.0 Å². The molecule has 6 nitrogen and oxygen atoms in total. The van der Waals surface area contributed by atoms with Gasteiger partial charge in [0.05, 0.1) is 11.0 Å². The SMILES string of the molecule is CCC(C)(CNc1ccnc2cc(Cl)ccc12)CC(C)(C)Nc1nc(N2CCCC2)nc2ccccc12. The van der Waals surface area contributed by atoms with Crippen molar-refractivity contribution in [2.75, 3.05) is 35.2 Å². The Bertz CT molecular complexity index is 1400. The highest BCUT2D eigenvalue weighted by Crippen LogP contribution is 2.36. The zero-order chi connectivity index (χ0) is 26.0. The lowest BCUT2D eigenvalue weighted by atomic mass is 9.76. The fraction of sp³-hybridized carbons (Fsp3) is 0.433. The highest BCUT2D eigenvalue weighted by Gasteiger charge is 2.32. The predicted octanol–water partition coefficient (Wildman–Crippen LogP) is 7.54. The minimum Gasteiger partial charge on any atom is -0.384 e. The van der Waals surface area contributed by atoms with Crippen LogP contribution in [0.2, 0.25) is 5.02 Å². The summed E-state index contributed by atoms with van der Waals surface area (Å²) in [5.74, 6) is 1.75. The summed E-state index contributed by atoms with van der Waals surface area (Å²) in [5, 5.41) is 10.4. The Morgan fingerprint density at radius 1 is 0.946 bits per heavy atom. The lowest BCUT2D eigenvalue weighted by Gasteiger charge is -2.38. The second-order valence-electron chi connectivity index (χ2n) is 11.3. The molecule has 0 bridgehead atoms. The number of benzene rings is 2. The molecule has 1 aliphatic heterocycles. The summed E-state index contributed by atoms with van der Waals surface area (Å²) >= 11 is 6.19. The van der Waals surface area contributed by atoms with Gasteiger partial charge in [0.2, 0.25) is 5.95 Å². The minimum absolute atomic E-state index is 0.0547. The van der Waals surface area contributed by atoms with Crippen LogP contribution in [-0.4, -0.2) is 40.1 Å². The number of rotatable bonds is 9. The molecule has 0 aliphatic carbocycles. The van der Waals surface area contributed by atoms with Crippen molar-refractivity contribution in [3.8, 4) is 0 Å². The highest BCUT2D eigenvalue weighted by atomic mass is 35.5. The Morgan fingerprint density at radius 2 is 1.73 bits per heavy atom. The number of aromatic nitrogens is 3. The molecule has 0 saturated carbocycles. The normalized spacial score (nSPS) is 15.8. The van der Waals surface area contributed by atoms with Crippen molar-refractivity contribution < 1.29 is 0 Å². The highest BCUT2D eigenvalue weighted by molar-refractivity contribution is 6.31. The summed E-state index contributed by atoms with van der Waals surface area (Å²) in [4.78, 5) is 16.7. The molecule has 2 aromatic carbocycles. The molecule has 7 heteroatoms. The largest absolute Gasteiger partial charge is 0.384 e. The maximum absolute atomic E-state index is 6.19. The molecule has 1 aliphatic rings. The molecule has 5 rings (SSSR count). The number of hydrogen-bond donors (Lipinski definition) is 2. The number of anilines is 3. The fourth-order valence-electron chi connectivity index (χ4n) is 5.55. The lowest BCUT2D eigenvalue weighted by molar-refractivity contribution is 0.251. The van der Waals surface area contributed by atoms with Gasteiger partial charge in [0.1, 0.15) is 5.82 Å². The third kappa shape index (κ3) is 5.74.